The maximum absolute atomic E-state index is 13.8. The second kappa shape index (κ2) is 7.47. The normalized spacial score (nSPS) is 10.8. The highest BCUT2D eigenvalue weighted by atomic mass is 19.1. The van der Waals surface area contributed by atoms with Gasteiger partial charge in [-0.1, -0.05) is 6.07 Å². The molecule has 1 aromatic heterocycles. The topological polar surface area (TPSA) is 51.9 Å². The van der Waals surface area contributed by atoms with Gasteiger partial charge in [0.2, 0.25) is 5.91 Å². The van der Waals surface area contributed by atoms with Gasteiger partial charge in [0.05, 0.1) is 26.9 Å². The third-order valence-corrected chi connectivity index (χ3v) is 4.27. The van der Waals surface area contributed by atoms with E-state index in [-0.39, 0.29) is 18.1 Å². The molecule has 0 bridgehead atoms. The molecule has 2 aromatic carbocycles. The highest BCUT2D eigenvalue weighted by Gasteiger charge is 2.15. The number of rotatable bonds is 6. The van der Waals surface area contributed by atoms with Gasteiger partial charge in [-0.3, -0.25) is 4.79 Å². The smallest absolute Gasteiger partial charge is 0.227 e. The molecule has 0 saturated heterocycles. The minimum absolute atomic E-state index is 0.0836. The summed E-state index contributed by atoms with van der Waals surface area (Å²) < 4.78 is 29.4. The number of hydrogen-bond donors (Lipinski definition) is 0. The lowest BCUT2D eigenvalue weighted by Gasteiger charge is -2.17. The maximum atomic E-state index is 13.8. The fourth-order valence-corrected chi connectivity index (χ4v) is 2.80. The number of carbonyl (C=O) groups excluding carboxylic acids is 1. The third-order valence-electron chi connectivity index (χ3n) is 4.27. The standard InChI is InChI=1S/C20H20FNO4/c1-22(11-13-4-7-18(25-3)17(21)8-13)20(23)9-14-12-26-19-10-15(24-2)5-6-16(14)19/h4-8,10,12H,9,11H2,1-3H3. The SMILES string of the molecule is COc1ccc2c(CC(=O)N(C)Cc3ccc(OC)c(F)c3)coc2c1. The molecule has 0 radical (unpaired) electrons. The average Bonchev–Trinajstić information content (AvgIpc) is 3.03. The fraction of sp³-hybridized carbons (Fsp3) is 0.250. The predicted molar refractivity (Wildman–Crippen MR) is 95.9 cm³/mol. The second-order valence-corrected chi connectivity index (χ2v) is 6.02. The van der Waals surface area contributed by atoms with Gasteiger partial charge in [-0.2, -0.15) is 0 Å². The summed E-state index contributed by atoms with van der Waals surface area (Å²) in [5.41, 5.74) is 2.17. The van der Waals surface area contributed by atoms with E-state index in [1.165, 1.54) is 13.2 Å². The van der Waals surface area contributed by atoms with Gasteiger partial charge in [0, 0.05) is 30.6 Å². The van der Waals surface area contributed by atoms with Crippen molar-refractivity contribution < 1.29 is 23.1 Å². The Balaban J connectivity index is 1.70. The number of nitrogens with zero attached hydrogens (tertiary/aromatic N) is 1. The van der Waals surface area contributed by atoms with Crippen molar-refractivity contribution in [3.05, 3.63) is 59.6 Å². The van der Waals surface area contributed by atoms with Crippen molar-refractivity contribution >= 4 is 16.9 Å². The number of fused-ring (bicyclic) bond motifs is 1. The fourth-order valence-electron chi connectivity index (χ4n) is 2.80. The lowest BCUT2D eigenvalue weighted by atomic mass is 10.1. The molecule has 3 rings (SSSR count). The molecule has 6 heteroatoms. The largest absolute Gasteiger partial charge is 0.497 e. The van der Waals surface area contributed by atoms with E-state index in [2.05, 4.69) is 0 Å². The van der Waals surface area contributed by atoms with E-state index >= 15 is 0 Å². The molecule has 0 spiro atoms. The Kier molecular flexibility index (Phi) is 5.11. The Morgan fingerprint density at radius 2 is 1.96 bits per heavy atom. The van der Waals surface area contributed by atoms with Gasteiger partial charge in [-0.25, -0.2) is 4.39 Å². The van der Waals surface area contributed by atoms with E-state index in [1.54, 1.807) is 43.5 Å². The number of benzene rings is 2. The summed E-state index contributed by atoms with van der Waals surface area (Å²) >= 11 is 0. The zero-order chi connectivity index (χ0) is 18.7. The van der Waals surface area contributed by atoms with Gasteiger partial charge in [-0.05, 0) is 29.8 Å². The number of halogens is 1. The summed E-state index contributed by atoms with van der Waals surface area (Å²) in [4.78, 5) is 14.1. The van der Waals surface area contributed by atoms with Crippen LogP contribution in [-0.2, 0) is 17.8 Å². The van der Waals surface area contributed by atoms with E-state index < -0.39 is 5.82 Å². The van der Waals surface area contributed by atoms with E-state index in [0.29, 0.717) is 23.4 Å². The molecule has 5 nitrogen and oxygen atoms in total. The highest BCUT2D eigenvalue weighted by Crippen LogP contribution is 2.26. The quantitative estimate of drug-likeness (QED) is 0.673. The number of furan rings is 1. The predicted octanol–water partition coefficient (Wildman–Crippen LogP) is 3.79. The Morgan fingerprint density at radius 3 is 2.65 bits per heavy atom. The van der Waals surface area contributed by atoms with Crippen LogP contribution >= 0.6 is 0 Å². The molecule has 0 fully saturated rings. The first-order valence-electron chi connectivity index (χ1n) is 8.12. The van der Waals surface area contributed by atoms with Crippen LogP contribution in [0.3, 0.4) is 0 Å². The molecule has 0 aliphatic carbocycles. The number of likely N-dealkylation sites (N-methyl/N-ethyl adjacent to an activating group) is 1. The first-order valence-corrected chi connectivity index (χ1v) is 8.12. The van der Waals surface area contributed by atoms with E-state index in [0.717, 1.165) is 10.9 Å². The third kappa shape index (κ3) is 3.64. The van der Waals surface area contributed by atoms with Crippen LogP contribution in [0.2, 0.25) is 0 Å². The van der Waals surface area contributed by atoms with Crippen LogP contribution in [0.1, 0.15) is 11.1 Å². The van der Waals surface area contributed by atoms with Gasteiger partial charge < -0.3 is 18.8 Å². The zero-order valence-electron chi connectivity index (χ0n) is 14.9. The summed E-state index contributed by atoms with van der Waals surface area (Å²) in [7, 11) is 4.69. The summed E-state index contributed by atoms with van der Waals surface area (Å²) in [6.45, 7) is 0.309. The van der Waals surface area contributed by atoms with Crippen LogP contribution in [-0.4, -0.2) is 32.1 Å². The lowest BCUT2D eigenvalue weighted by Crippen LogP contribution is -2.27. The van der Waals surface area contributed by atoms with Crippen LogP contribution in [0.15, 0.2) is 47.1 Å². The van der Waals surface area contributed by atoms with Crippen LogP contribution in [0.5, 0.6) is 11.5 Å². The number of hydrogen-bond acceptors (Lipinski definition) is 4. The van der Waals surface area contributed by atoms with Crippen molar-refractivity contribution in [3.63, 3.8) is 0 Å². The highest BCUT2D eigenvalue weighted by molar-refractivity contribution is 5.88. The summed E-state index contributed by atoms with van der Waals surface area (Å²) in [6.07, 6.45) is 1.79. The number of carbonyl (C=O) groups is 1. The molecular weight excluding hydrogens is 337 g/mol. The van der Waals surface area contributed by atoms with Gasteiger partial charge in [-0.15, -0.1) is 0 Å². The van der Waals surface area contributed by atoms with E-state index in [9.17, 15) is 9.18 Å². The Bertz CT molecular complexity index is 935. The minimum atomic E-state index is -0.444. The number of amides is 1. The Labute approximate surface area is 150 Å². The van der Waals surface area contributed by atoms with Gasteiger partial charge in [0.1, 0.15) is 11.3 Å². The van der Waals surface area contributed by atoms with Crippen molar-refractivity contribution in [1.82, 2.24) is 4.90 Å². The molecule has 0 unspecified atom stereocenters. The monoisotopic (exact) mass is 357 g/mol. The van der Waals surface area contributed by atoms with Gasteiger partial charge in [0.25, 0.3) is 0 Å². The van der Waals surface area contributed by atoms with Crippen LogP contribution in [0.25, 0.3) is 11.0 Å². The lowest BCUT2D eigenvalue weighted by molar-refractivity contribution is -0.129. The molecule has 0 aliphatic heterocycles. The molecule has 26 heavy (non-hydrogen) atoms. The van der Waals surface area contributed by atoms with E-state index in [1.807, 2.05) is 12.1 Å². The van der Waals surface area contributed by atoms with Crippen LogP contribution in [0, 0.1) is 5.82 Å². The van der Waals surface area contributed by atoms with E-state index in [4.69, 9.17) is 13.9 Å². The second-order valence-electron chi connectivity index (χ2n) is 6.02. The number of ether oxygens (including phenoxy) is 2. The molecular formula is C20H20FNO4. The molecule has 0 N–H and O–H groups in total. The molecule has 0 aliphatic rings. The van der Waals surface area contributed by atoms with Gasteiger partial charge in [0.15, 0.2) is 11.6 Å². The number of methoxy groups -OCH3 is 2. The van der Waals surface area contributed by atoms with Crippen molar-refractivity contribution in [2.45, 2.75) is 13.0 Å². The average molecular weight is 357 g/mol. The minimum Gasteiger partial charge on any atom is -0.497 e. The molecule has 136 valence electrons. The molecule has 1 amide bonds. The molecule has 1 heterocycles. The van der Waals surface area contributed by atoms with Crippen molar-refractivity contribution in [2.24, 2.45) is 0 Å². The molecule has 3 aromatic rings. The Morgan fingerprint density at radius 1 is 1.15 bits per heavy atom. The molecule has 0 atom stereocenters. The van der Waals surface area contributed by atoms with Gasteiger partial charge >= 0.3 is 0 Å². The maximum Gasteiger partial charge on any atom is 0.227 e. The summed E-state index contributed by atoms with van der Waals surface area (Å²) in [5.74, 6) is 0.353. The Hall–Kier alpha value is -3.02. The summed E-state index contributed by atoms with van der Waals surface area (Å²) in [6, 6.07) is 10.2. The zero-order valence-corrected chi connectivity index (χ0v) is 14.9. The molecule has 0 saturated carbocycles. The van der Waals surface area contributed by atoms with Crippen molar-refractivity contribution in [3.8, 4) is 11.5 Å². The van der Waals surface area contributed by atoms with Crippen LogP contribution < -0.4 is 9.47 Å². The van der Waals surface area contributed by atoms with Crippen LogP contribution in [0.4, 0.5) is 4.39 Å². The first kappa shape index (κ1) is 17.8. The van der Waals surface area contributed by atoms with Crippen molar-refractivity contribution in [1.29, 1.82) is 0 Å². The summed E-state index contributed by atoms with van der Waals surface area (Å²) in [5, 5.41) is 0.878. The first-order chi connectivity index (χ1) is 12.5. The van der Waals surface area contributed by atoms with Crippen molar-refractivity contribution in [2.75, 3.05) is 21.3 Å².